The van der Waals surface area contributed by atoms with Gasteiger partial charge in [0.25, 0.3) is 0 Å². The molecule has 3 rings (SSSR count). The normalized spacial score (nSPS) is 19.8. The van der Waals surface area contributed by atoms with Gasteiger partial charge in [0.15, 0.2) is 0 Å². The quantitative estimate of drug-likeness (QED) is 0.800. The summed E-state index contributed by atoms with van der Waals surface area (Å²) in [6.45, 7) is 3.35. The molecule has 1 heterocycles. The van der Waals surface area contributed by atoms with E-state index in [4.69, 9.17) is 15.2 Å². The molecule has 3 unspecified atom stereocenters. The van der Waals surface area contributed by atoms with Crippen LogP contribution in [0.25, 0.3) is 10.8 Å². The molecule has 2 aromatic carbocycles. The van der Waals surface area contributed by atoms with Crippen molar-refractivity contribution in [1.82, 2.24) is 5.32 Å². The molecule has 0 bridgehead atoms. The molecule has 3 N–H and O–H groups in total. The number of nitrogens with one attached hydrogen (secondary N) is 1. The van der Waals surface area contributed by atoms with Gasteiger partial charge in [-0.1, -0.05) is 36.4 Å². The molecular formula is C21H28N2O3. The average Bonchev–Trinajstić information content (AvgIpc) is 2.70. The van der Waals surface area contributed by atoms with Crippen LogP contribution in [-0.2, 0) is 14.3 Å². The molecule has 0 spiro atoms. The summed E-state index contributed by atoms with van der Waals surface area (Å²) in [5, 5.41) is 5.31. The zero-order chi connectivity index (χ0) is 18.4. The second-order valence-corrected chi connectivity index (χ2v) is 6.87. The van der Waals surface area contributed by atoms with Crippen LogP contribution in [-0.4, -0.2) is 37.9 Å². The molecular weight excluding hydrogens is 328 g/mol. The summed E-state index contributed by atoms with van der Waals surface area (Å²) >= 11 is 0. The first-order valence-corrected chi connectivity index (χ1v) is 9.39. The fourth-order valence-corrected chi connectivity index (χ4v) is 3.26. The molecule has 5 heteroatoms. The summed E-state index contributed by atoms with van der Waals surface area (Å²) in [7, 11) is 0. The maximum atomic E-state index is 12.5. The molecule has 26 heavy (non-hydrogen) atoms. The zero-order valence-electron chi connectivity index (χ0n) is 15.3. The van der Waals surface area contributed by atoms with Crippen molar-refractivity contribution in [2.24, 2.45) is 5.73 Å². The largest absolute Gasteiger partial charge is 0.376 e. The molecule has 5 nitrogen and oxygen atoms in total. The van der Waals surface area contributed by atoms with E-state index in [0.29, 0.717) is 13.2 Å². The van der Waals surface area contributed by atoms with Crippen molar-refractivity contribution < 1.29 is 14.3 Å². The summed E-state index contributed by atoms with van der Waals surface area (Å²) in [6.07, 6.45) is 2.83. The van der Waals surface area contributed by atoms with Crippen LogP contribution in [0.3, 0.4) is 0 Å². The summed E-state index contributed by atoms with van der Waals surface area (Å²) in [5.74, 6) is -0.149. The number of benzene rings is 2. The van der Waals surface area contributed by atoms with Crippen LogP contribution in [0.5, 0.6) is 0 Å². The smallest absolute Gasteiger partial charge is 0.249 e. The third kappa shape index (κ3) is 4.81. The molecule has 0 radical (unpaired) electrons. The average molecular weight is 356 g/mol. The van der Waals surface area contributed by atoms with E-state index < -0.39 is 6.10 Å². The monoisotopic (exact) mass is 356 g/mol. The van der Waals surface area contributed by atoms with Crippen molar-refractivity contribution in [3.05, 3.63) is 48.0 Å². The molecule has 0 aliphatic carbocycles. The van der Waals surface area contributed by atoms with E-state index in [-0.39, 0.29) is 18.1 Å². The molecule has 1 aliphatic heterocycles. The van der Waals surface area contributed by atoms with Crippen molar-refractivity contribution in [1.29, 1.82) is 0 Å². The standard InChI is InChI=1S/C21H28N2O3/c1-15(26-14-19-8-4-5-11-25-19)21(24)23-20(13-22)18-10-9-16-6-2-3-7-17(16)12-18/h2-3,6-7,9-10,12,15,19-20H,4-5,8,11,13-14,22H2,1H3,(H,23,24). The maximum absolute atomic E-state index is 12.5. The van der Waals surface area contributed by atoms with Gasteiger partial charge in [-0.25, -0.2) is 0 Å². The first-order valence-electron chi connectivity index (χ1n) is 9.39. The number of carbonyl (C=O) groups excluding carboxylic acids is 1. The van der Waals surface area contributed by atoms with Gasteiger partial charge in [-0.15, -0.1) is 0 Å². The Morgan fingerprint density at radius 2 is 2.08 bits per heavy atom. The van der Waals surface area contributed by atoms with E-state index in [0.717, 1.165) is 36.8 Å². The van der Waals surface area contributed by atoms with Crippen molar-refractivity contribution in [3.63, 3.8) is 0 Å². The Morgan fingerprint density at radius 1 is 1.27 bits per heavy atom. The third-order valence-electron chi connectivity index (χ3n) is 4.90. The van der Waals surface area contributed by atoms with Gasteiger partial charge in [0.2, 0.25) is 5.91 Å². The minimum Gasteiger partial charge on any atom is -0.376 e. The van der Waals surface area contributed by atoms with E-state index in [9.17, 15) is 4.79 Å². The first kappa shape index (κ1) is 18.8. The second kappa shape index (κ2) is 9.12. The number of hydrogen-bond acceptors (Lipinski definition) is 4. The van der Waals surface area contributed by atoms with Gasteiger partial charge in [-0.05, 0) is 48.6 Å². The molecule has 0 aromatic heterocycles. The lowest BCUT2D eigenvalue weighted by Crippen LogP contribution is -2.41. The summed E-state index contributed by atoms with van der Waals surface area (Å²) < 4.78 is 11.4. The SMILES string of the molecule is CC(OCC1CCCCO1)C(=O)NC(CN)c1ccc2ccccc2c1. The molecule has 1 fully saturated rings. The van der Waals surface area contributed by atoms with Gasteiger partial charge in [0.05, 0.1) is 18.8 Å². The van der Waals surface area contributed by atoms with Gasteiger partial charge < -0.3 is 20.5 Å². The Hall–Kier alpha value is -1.95. The maximum Gasteiger partial charge on any atom is 0.249 e. The highest BCUT2D eigenvalue weighted by molar-refractivity contribution is 5.84. The predicted molar refractivity (Wildman–Crippen MR) is 103 cm³/mol. The number of hydrogen-bond donors (Lipinski definition) is 2. The molecule has 1 saturated heterocycles. The van der Waals surface area contributed by atoms with Crippen molar-refractivity contribution in [2.75, 3.05) is 19.8 Å². The van der Waals surface area contributed by atoms with Crippen LogP contribution in [0, 0.1) is 0 Å². The zero-order valence-corrected chi connectivity index (χ0v) is 15.3. The lowest BCUT2D eigenvalue weighted by Gasteiger charge is -2.25. The Kier molecular flexibility index (Phi) is 6.61. The lowest BCUT2D eigenvalue weighted by atomic mass is 10.0. The molecule has 0 saturated carbocycles. The predicted octanol–water partition coefficient (Wildman–Crippen LogP) is 2.93. The van der Waals surface area contributed by atoms with E-state index in [2.05, 4.69) is 29.6 Å². The van der Waals surface area contributed by atoms with Crippen LogP contribution < -0.4 is 11.1 Å². The minimum atomic E-state index is -0.532. The summed E-state index contributed by atoms with van der Waals surface area (Å²) in [4.78, 5) is 12.5. The van der Waals surface area contributed by atoms with Crippen molar-refractivity contribution >= 4 is 16.7 Å². The van der Waals surface area contributed by atoms with E-state index in [1.165, 1.54) is 5.39 Å². The van der Waals surface area contributed by atoms with Gasteiger partial charge in [0, 0.05) is 13.2 Å². The fourth-order valence-electron chi connectivity index (χ4n) is 3.26. The van der Waals surface area contributed by atoms with Crippen LogP contribution in [0.2, 0.25) is 0 Å². The molecule has 140 valence electrons. The van der Waals surface area contributed by atoms with Gasteiger partial charge >= 0.3 is 0 Å². The number of nitrogens with two attached hydrogens (primary N) is 1. The van der Waals surface area contributed by atoms with Gasteiger partial charge in [-0.2, -0.15) is 0 Å². The highest BCUT2D eigenvalue weighted by atomic mass is 16.5. The fraction of sp³-hybridized carbons (Fsp3) is 0.476. The Balaban J connectivity index is 1.57. The third-order valence-corrected chi connectivity index (χ3v) is 4.90. The molecule has 2 aromatic rings. The number of ether oxygens (including phenoxy) is 2. The highest BCUT2D eigenvalue weighted by Gasteiger charge is 2.21. The topological polar surface area (TPSA) is 73.6 Å². The second-order valence-electron chi connectivity index (χ2n) is 6.87. The lowest BCUT2D eigenvalue weighted by molar-refractivity contribution is -0.136. The van der Waals surface area contributed by atoms with Gasteiger partial charge in [-0.3, -0.25) is 4.79 Å². The molecule has 3 atom stereocenters. The van der Waals surface area contributed by atoms with Gasteiger partial charge in [0.1, 0.15) is 6.10 Å². The summed E-state index contributed by atoms with van der Waals surface area (Å²) in [6, 6.07) is 14.1. The Labute approximate surface area is 154 Å². The van der Waals surface area contributed by atoms with E-state index in [1.807, 2.05) is 18.2 Å². The van der Waals surface area contributed by atoms with Crippen molar-refractivity contribution in [3.8, 4) is 0 Å². The highest BCUT2D eigenvalue weighted by Crippen LogP contribution is 2.20. The Morgan fingerprint density at radius 3 is 2.81 bits per heavy atom. The van der Waals surface area contributed by atoms with Crippen LogP contribution in [0.1, 0.15) is 37.8 Å². The molecule has 1 aliphatic rings. The van der Waals surface area contributed by atoms with Crippen LogP contribution in [0.15, 0.2) is 42.5 Å². The number of fused-ring (bicyclic) bond motifs is 1. The van der Waals surface area contributed by atoms with Crippen molar-refractivity contribution in [2.45, 2.75) is 44.4 Å². The Bertz CT molecular complexity index is 728. The minimum absolute atomic E-state index is 0.102. The van der Waals surface area contributed by atoms with E-state index in [1.54, 1.807) is 6.92 Å². The number of amides is 1. The number of carbonyl (C=O) groups is 1. The van der Waals surface area contributed by atoms with Crippen LogP contribution >= 0.6 is 0 Å². The first-order chi connectivity index (χ1) is 12.7. The van der Waals surface area contributed by atoms with E-state index >= 15 is 0 Å². The van der Waals surface area contributed by atoms with Crippen LogP contribution in [0.4, 0.5) is 0 Å². The number of rotatable bonds is 7. The summed E-state index contributed by atoms with van der Waals surface area (Å²) in [5.41, 5.74) is 6.91. The molecule has 1 amide bonds.